The Hall–Kier alpha value is -2.80. The third-order valence-corrected chi connectivity index (χ3v) is 5.34. The van der Waals surface area contributed by atoms with Crippen LogP contribution < -0.4 is 10.1 Å². The molecule has 0 aliphatic carbocycles. The lowest BCUT2D eigenvalue weighted by Crippen LogP contribution is -2.26. The van der Waals surface area contributed by atoms with E-state index in [9.17, 15) is 4.79 Å². The Morgan fingerprint density at radius 2 is 1.86 bits per heavy atom. The van der Waals surface area contributed by atoms with Crippen LogP contribution in [0.3, 0.4) is 0 Å². The van der Waals surface area contributed by atoms with E-state index in [1.54, 1.807) is 7.11 Å². The van der Waals surface area contributed by atoms with E-state index >= 15 is 0 Å². The predicted octanol–water partition coefficient (Wildman–Crippen LogP) is 3.33. The highest BCUT2D eigenvalue weighted by molar-refractivity contribution is 7.99. The number of rotatable bonds is 9. The molecule has 1 amide bonds. The predicted molar refractivity (Wildman–Crippen MR) is 111 cm³/mol. The van der Waals surface area contributed by atoms with Crippen molar-refractivity contribution in [2.75, 3.05) is 19.4 Å². The average Bonchev–Trinajstić information content (AvgIpc) is 3.11. The molecule has 0 bridgehead atoms. The largest absolute Gasteiger partial charge is 0.497 e. The van der Waals surface area contributed by atoms with E-state index in [-0.39, 0.29) is 5.91 Å². The summed E-state index contributed by atoms with van der Waals surface area (Å²) in [6, 6.07) is 17.9. The summed E-state index contributed by atoms with van der Waals surface area (Å²) >= 11 is 1.39. The molecular formula is C21H24N4O2S. The van der Waals surface area contributed by atoms with Gasteiger partial charge < -0.3 is 14.6 Å². The average molecular weight is 397 g/mol. The number of methoxy groups -OCH3 is 1. The minimum atomic E-state index is 0.00654. The molecule has 146 valence electrons. The molecule has 0 fully saturated rings. The van der Waals surface area contributed by atoms with Gasteiger partial charge in [0.25, 0.3) is 0 Å². The molecule has 0 aliphatic rings. The topological polar surface area (TPSA) is 69.0 Å². The summed E-state index contributed by atoms with van der Waals surface area (Å²) < 4.78 is 7.08. The fourth-order valence-electron chi connectivity index (χ4n) is 2.78. The monoisotopic (exact) mass is 396 g/mol. The zero-order valence-corrected chi connectivity index (χ0v) is 16.9. The summed E-state index contributed by atoms with van der Waals surface area (Å²) in [5, 5.41) is 12.1. The van der Waals surface area contributed by atoms with Gasteiger partial charge in [0.2, 0.25) is 5.91 Å². The fraction of sp³-hybridized carbons (Fsp3) is 0.286. The summed E-state index contributed by atoms with van der Waals surface area (Å²) in [4.78, 5) is 12.1. The number of hydrogen-bond acceptors (Lipinski definition) is 5. The maximum absolute atomic E-state index is 12.1. The summed E-state index contributed by atoms with van der Waals surface area (Å²) in [6.07, 6.45) is 1.88. The number of nitrogens with one attached hydrogen (secondary N) is 1. The van der Waals surface area contributed by atoms with Gasteiger partial charge in [0.15, 0.2) is 11.0 Å². The van der Waals surface area contributed by atoms with Gasteiger partial charge in [0.05, 0.1) is 12.9 Å². The molecule has 28 heavy (non-hydrogen) atoms. The molecule has 0 atom stereocenters. The molecule has 7 heteroatoms. The Morgan fingerprint density at radius 1 is 1.11 bits per heavy atom. The van der Waals surface area contributed by atoms with Crippen LogP contribution in [0.15, 0.2) is 59.8 Å². The number of benzene rings is 2. The molecule has 2 aromatic carbocycles. The normalized spacial score (nSPS) is 10.6. The van der Waals surface area contributed by atoms with Gasteiger partial charge in [-0.2, -0.15) is 0 Å². The van der Waals surface area contributed by atoms with Crippen molar-refractivity contribution in [1.82, 2.24) is 20.1 Å². The maximum Gasteiger partial charge on any atom is 0.230 e. The van der Waals surface area contributed by atoms with Crippen LogP contribution in [-0.4, -0.2) is 40.1 Å². The molecule has 1 N–H and O–H groups in total. The SMILES string of the molecule is COc1ccc(-c2nnc(SCC(=O)NCCCc3ccccc3)n2C)cc1. The minimum Gasteiger partial charge on any atom is -0.497 e. The van der Waals surface area contributed by atoms with Crippen molar-refractivity contribution >= 4 is 17.7 Å². The molecule has 1 heterocycles. The lowest BCUT2D eigenvalue weighted by Gasteiger charge is -2.06. The quantitative estimate of drug-likeness (QED) is 0.444. The van der Waals surface area contributed by atoms with E-state index in [2.05, 4.69) is 27.6 Å². The molecule has 1 aromatic heterocycles. The molecule has 0 saturated heterocycles. The van der Waals surface area contributed by atoms with E-state index in [1.807, 2.05) is 54.1 Å². The van der Waals surface area contributed by atoms with Crippen molar-refractivity contribution in [1.29, 1.82) is 0 Å². The first-order valence-electron chi connectivity index (χ1n) is 9.14. The van der Waals surface area contributed by atoms with Crippen molar-refractivity contribution in [2.45, 2.75) is 18.0 Å². The van der Waals surface area contributed by atoms with Crippen molar-refractivity contribution in [3.05, 3.63) is 60.2 Å². The highest BCUT2D eigenvalue weighted by atomic mass is 32.2. The Labute approximate surface area is 169 Å². The van der Waals surface area contributed by atoms with Gasteiger partial charge in [-0.05, 0) is 42.7 Å². The van der Waals surface area contributed by atoms with Gasteiger partial charge in [0.1, 0.15) is 5.75 Å². The smallest absolute Gasteiger partial charge is 0.230 e. The van der Waals surface area contributed by atoms with Crippen molar-refractivity contribution in [2.24, 2.45) is 7.05 Å². The van der Waals surface area contributed by atoms with Gasteiger partial charge in [-0.3, -0.25) is 4.79 Å². The lowest BCUT2D eigenvalue weighted by atomic mass is 10.1. The molecule has 0 aliphatic heterocycles. The van der Waals surface area contributed by atoms with Crippen molar-refractivity contribution in [3.63, 3.8) is 0 Å². The Bertz CT molecular complexity index is 895. The molecule has 0 unspecified atom stereocenters. The first-order chi connectivity index (χ1) is 13.7. The van der Waals surface area contributed by atoms with Gasteiger partial charge in [0, 0.05) is 19.2 Å². The zero-order valence-electron chi connectivity index (χ0n) is 16.1. The van der Waals surface area contributed by atoms with Crippen LogP contribution in [0.25, 0.3) is 11.4 Å². The molecule has 3 aromatic rings. The highest BCUT2D eigenvalue weighted by Gasteiger charge is 2.13. The fourth-order valence-corrected chi connectivity index (χ4v) is 3.52. The number of aryl methyl sites for hydroxylation is 1. The zero-order chi connectivity index (χ0) is 19.8. The number of nitrogens with zero attached hydrogens (tertiary/aromatic N) is 3. The van der Waals surface area contributed by atoms with Gasteiger partial charge in [-0.25, -0.2) is 0 Å². The van der Waals surface area contributed by atoms with E-state index in [0.29, 0.717) is 17.5 Å². The first-order valence-corrected chi connectivity index (χ1v) is 10.1. The number of carbonyl (C=O) groups is 1. The third kappa shape index (κ3) is 5.36. The molecule has 6 nitrogen and oxygen atoms in total. The van der Waals surface area contributed by atoms with E-state index < -0.39 is 0 Å². The third-order valence-electron chi connectivity index (χ3n) is 4.32. The summed E-state index contributed by atoms with van der Waals surface area (Å²) in [5.74, 6) is 1.88. The molecular weight excluding hydrogens is 372 g/mol. The second-order valence-corrected chi connectivity index (χ2v) is 7.26. The highest BCUT2D eigenvalue weighted by Crippen LogP contribution is 2.24. The van der Waals surface area contributed by atoms with Crippen molar-refractivity contribution in [3.8, 4) is 17.1 Å². The van der Waals surface area contributed by atoms with E-state index in [4.69, 9.17) is 4.74 Å². The summed E-state index contributed by atoms with van der Waals surface area (Å²) in [6.45, 7) is 0.671. The van der Waals surface area contributed by atoms with Crippen LogP contribution in [0.2, 0.25) is 0 Å². The van der Waals surface area contributed by atoms with E-state index in [1.165, 1.54) is 17.3 Å². The van der Waals surface area contributed by atoms with E-state index in [0.717, 1.165) is 30.0 Å². The summed E-state index contributed by atoms with van der Waals surface area (Å²) in [7, 11) is 3.54. The standard InChI is InChI=1S/C21H24N4O2S/c1-25-20(17-10-12-18(27-2)13-11-17)23-24-21(25)28-15-19(26)22-14-6-9-16-7-4-3-5-8-16/h3-5,7-8,10-13H,6,9,14-15H2,1-2H3,(H,22,26). The molecule has 3 rings (SSSR count). The first kappa shape index (κ1) is 19.9. The van der Waals surface area contributed by atoms with Crippen LogP contribution in [0, 0.1) is 0 Å². The summed E-state index contributed by atoms with van der Waals surface area (Å²) in [5.41, 5.74) is 2.24. The minimum absolute atomic E-state index is 0.00654. The van der Waals surface area contributed by atoms with Crippen LogP contribution in [0.4, 0.5) is 0 Å². The second-order valence-electron chi connectivity index (χ2n) is 6.32. The van der Waals surface area contributed by atoms with Gasteiger partial charge >= 0.3 is 0 Å². The maximum atomic E-state index is 12.1. The van der Waals surface area contributed by atoms with Crippen LogP contribution in [-0.2, 0) is 18.3 Å². The number of thioether (sulfide) groups is 1. The number of hydrogen-bond donors (Lipinski definition) is 1. The number of amides is 1. The Kier molecular flexibility index (Phi) is 7.08. The lowest BCUT2D eigenvalue weighted by molar-refractivity contribution is -0.118. The second kappa shape index (κ2) is 9.94. The van der Waals surface area contributed by atoms with Gasteiger partial charge in [-0.1, -0.05) is 42.1 Å². The van der Waals surface area contributed by atoms with Crippen LogP contribution in [0.1, 0.15) is 12.0 Å². The van der Waals surface area contributed by atoms with Crippen LogP contribution in [0.5, 0.6) is 5.75 Å². The number of aromatic nitrogens is 3. The van der Waals surface area contributed by atoms with Gasteiger partial charge in [-0.15, -0.1) is 10.2 Å². The number of ether oxygens (including phenoxy) is 1. The molecule has 0 spiro atoms. The number of carbonyl (C=O) groups excluding carboxylic acids is 1. The Morgan fingerprint density at radius 3 is 2.57 bits per heavy atom. The molecule has 0 saturated carbocycles. The van der Waals surface area contributed by atoms with Crippen molar-refractivity contribution < 1.29 is 9.53 Å². The van der Waals surface area contributed by atoms with Crippen LogP contribution >= 0.6 is 11.8 Å². The Balaban J connectivity index is 1.45. The molecule has 0 radical (unpaired) electrons.